The second-order valence-electron chi connectivity index (χ2n) is 5.47. The molecule has 15 heavy (non-hydrogen) atoms. The summed E-state index contributed by atoms with van der Waals surface area (Å²) in [6.07, 6.45) is 5.06. The SMILES string of the molecule is C=C[C@@H](C)[C@@H](O)C1=C(C)CCCC1(C)C. The van der Waals surface area contributed by atoms with E-state index in [1.807, 2.05) is 13.0 Å². The summed E-state index contributed by atoms with van der Waals surface area (Å²) >= 11 is 0. The van der Waals surface area contributed by atoms with Crippen LogP contribution < -0.4 is 0 Å². The molecule has 1 rings (SSSR count). The molecule has 1 aliphatic rings. The molecule has 0 saturated heterocycles. The molecule has 0 spiro atoms. The van der Waals surface area contributed by atoms with Crippen molar-refractivity contribution in [3.63, 3.8) is 0 Å². The van der Waals surface area contributed by atoms with Crippen molar-refractivity contribution in [2.45, 2.75) is 53.1 Å². The van der Waals surface area contributed by atoms with E-state index in [0.717, 1.165) is 6.42 Å². The fourth-order valence-corrected chi connectivity index (χ4v) is 2.69. The van der Waals surface area contributed by atoms with Crippen LogP contribution in [0.1, 0.15) is 47.0 Å². The van der Waals surface area contributed by atoms with Crippen LogP contribution in [0.2, 0.25) is 0 Å². The first-order valence-electron chi connectivity index (χ1n) is 5.91. The Labute approximate surface area is 93.9 Å². The summed E-state index contributed by atoms with van der Waals surface area (Å²) in [5.74, 6) is 0.146. The van der Waals surface area contributed by atoms with Gasteiger partial charge in [-0.3, -0.25) is 0 Å². The molecular weight excluding hydrogens is 184 g/mol. The lowest BCUT2D eigenvalue weighted by Gasteiger charge is -2.38. The maximum atomic E-state index is 10.3. The number of aliphatic hydroxyl groups excluding tert-OH is 1. The van der Waals surface area contributed by atoms with Crippen LogP contribution in [0.5, 0.6) is 0 Å². The second-order valence-corrected chi connectivity index (χ2v) is 5.47. The minimum Gasteiger partial charge on any atom is -0.388 e. The highest BCUT2D eigenvalue weighted by Crippen LogP contribution is 2.43. The Morgan fingerprint density at radius 2 is 2.07 bits per heavy atom. The second kappa shape index (κ2) is 4.52. The quantitative estimate of drug-likeness (QED) is 0.701. The molecule has 0 amide bonds. The van der Waals surface area contributed by atoms with E-state index in [-0.39, 0.29) is 17.4 Å². The highest BCUT2D eigenvalue weighted by Gasteiger charge is 2.34. The van der Waals surface area contributed by atoms with Gasteiger partial charge >= 0.3 is 0 Å². The van der Waals surface area contributed by atoms with Crippen LogP contribution in [0, 0.1) is 11.3 Å². The predicted octanol–water partition coefficient (Wildman–Crippen LogP) is 3.70. The maximum absolute atomic E-state index is 10.3. The summed E-state index contributed by atoms with van der Waals surface area (Å²) in [5.41, 5.74) is 2.78. The smallest absolute Gasteiger partial charge is 0.0817 e. The summed E-state index contributed by atoms with van der Waals surface area (Å²) in [5, 5.41) is 10.3. The fourth-order valence-electron chi connectivity index (χ4n) is 2.69. The summed E-state index contributed by atoms with van der Waals surface area (Å²) < 4.78 is 0. The van der Waals surface area contributed by atoms with Crippen LogP contribution >= 0.6 is 0 Å². The lowest BCUT2D eigenvalue weighted by molar-refractivity contribution is 0.137. The molecule has 1 N–H and O–H groups in total. The van der Waals surface area contributed by atoms with E-state index in [9.17, 15) is 5.11 Å². The van der Waals surface area contributed by atoms with E-state index in [2.05, 4.69) is 27.4 Å². The highest BCUT2D eigenvalue weighted by atomic mass is 16.3. The molecule has 0 unspecified atom stereocenters. The van der Waals surface area contributed by atoms with Crippen molar-refractivity contribution in [1.82, 2.24) is 0 Å². The first-order chi connectivity index (χ1) is 6.90. The molecule has 1 heteroatoms. The zero-order valence-electron chi connectivity index (χ0n) is 10.5. The molecule has 1 nitrogen and oxygen atoms in total. The molecular formula is C14H24O. The molecule has 0 radical (unpaired) electrons. The summed E-state index contributed by atoms with van der Waals surface area (Å²) in [6.45, 7) is 12.4. The molecule has 0 aromatic carbocycles. The van der Waals surface area contributed by atoms with Gasteiger partial charge in [0.25, 0.3) is 0 Å². The summed E-state index contributed by atoms with van der Waals surface area (Å²) in [4.78, 5) is 0. The Morgan fingerprint density at radius 3 is 2.53 bits per heavy atom. The van der Waals surface area contributed by atoms with Gasteiger partial charge in [-0.15, -0.1) is 6.58 Å². The standard InChI is InChI=1S/C14H24O/c1-6-10(2)13(15)12-11(3)8-7-9-14(12,4)5/h6,10,13,15H,1,7-9H2,2-5H3/t10-,13-/m1/s1. The minimum absolute atomic E-state index is 0.146. The zero-order chi connectivity index (χ0) is 11.6. The predicted molar refractivity (Wildman–Crippen MR) is 65.7 cm³/mol. The Kier molecular flexibility index (Phi) is 3.77. The Morgan fingerprint density at radius 1 is 1.47 bits per heavy atom. The number of hydrogen-bond donors (Lipinski definition) is 1. The normalized spacial score (nSPS) is 24.9. The van der Waals surface area contributed by atoms with Gasteiger partial charge in [-0.2, -0.15) is 0 Å². The van der Waals surface area contributed by atoms with Gasteiger partial charge in [0.2, 0.25) is 0 Å². The fraction of sp³-hybridized carbons (Fsp3) is 0.714. The van der Waals surface area contributed by atoms with Gasteiger partial charge < -0.3 is 5.11 Å². The van der Waals surface area contributed by atoms with Crippen molar-refractivity contribution in [3.8, 4) is 0 Å². The van der Waals surface area contributed by atoms with Crippen molar-refractivity contribution in [2.75, 3.05) is 0 Å². The van der Waals surface area contributed by atoms with Crippen LogP contribution in [0.25, 0.3) is 0 Å². The zero-order valence-corrected chi connectivity index (χ0v) is 10.5. The molecule has 0 aliphatic heterocycles. The highest BCUT2D eigenvalue weighted by molar-refractivity contribution is 5.27. The molecule has 0 heterocycles. The van der Waals surface area contributed by atoms with Crippen LogP contribution in [-0.4, -0.2) is 11.2 Å². The average Bonchev–Trinajstić information content (AvgIpc) is 2.14. The molecule has 2 atom stereocenters. The van der Waals surface area contributed by atoms with E-state index in [4.69, 9.17) is 0 Å². The summed E-state index contributed by atoms with van der Waals surface area (Å²) in [7, 11) is 0. The Balaban J connectivity index is 3.03. The number of hydrogen-bond acceptors (Lipinski definition) is 1. The van der Waals surface area contributed by atoms with Gasteiger partial charge in [-0.1, -0.05) is 32.4 Å². The number of allylic oxidation sites excluding steroid dienone is 1. The minimum atomic E-state index is -0.349. The number of rotatable bonds is 3. The van der Waals surface area contributed by atoms with E-state index >= 15 is 0 Å². The average molecular weight is 208 g/mol. The molecule has 0 aromatic rings. The van der Waals surface area contributed by atoms with Crippen molar-refractivity contribution >= 4 is 0 Å². The first kappa shape index (κ1) is 12.5. The van der Waals surface area contributed by atoms with Crippen LogP contribution in [0.4, 0.5) is 0 Å². The topological polar surface area (TPSA) is 20.2 Å². The third kappa shape index (κ3) is 2.52. The maximum Gasteiger partial charge on any atom is 0.0817 e. The van der Waals surface area contributed by atoms with Crippen molar-refractivity contribution < 1.29 is 5.11 Å². The van der Waals surface area contributed by atoms with Crippen molar-refractivity contribution in [1.29, 1.82) is 0 Å². The number of aliphatic hydroxyl groups is 1. The van der Waals surface area contributed by atoms with Gasteiger partial charge in [0.05, 0.1) is 6.10 Å². The molecule has 0 saturated carbocycles. The van der Waals surface area contributed by atoms with Crippen molar-refractivity contribution in [2.24, 2.45) is 11.3 Å². The lowest BCUT2D eigenvalue weighted by Crippen LogP contribution is -2.32. The third-order valence-corrected chi connectivity index (χ3v) is 3.71. The first-order valence-corrected chi connectivity index (χ1v) is 5.91. The lowest BCUT2D eigenvalue weighted by atomic mass is 9.69. The summed E-state index contributed by atoms with van der Waals surface area (Å²) in [6, 6.07) is 0. The molecule has 0 fully saturated rings. The van der Waals surface area contributed by atoms with Crippen LogP contribution in [0.3, 0.4) is 0 Å². The molecule has 1 aliphatic carbocycles. The van der Waals surface area contributed by atoms with E-state index in [1.165, 1.54) is 24.0 Å². The van der Waals surface area contributed by atoms with Gasteiger partial charge in [0.1, 0.15) is 0 Å². The Hall–Kier alpha value is -0.560. The van der Waals surface area contributed by atoms with Gasteiger partial charge in [-0.05, 0) is 37.2 Å². The van der Waals surface area contributed by atoms with E-state index < -0.39 is 0 Å². The van der Waals surface area contributed by atoms with E-state index in [0.29, 0.717) is 0 Å². The molecule has 0 aromatic heterocycles. The van der Waals surface area contributed by atoms with Crippen LogP contribution in [-0.2, 0) is 0 Å². The van der Waals surface area contributed by atoms with Gasteiger partial charge in [0.15, 0.2) is 0 Å². The van der Waals surface area contributed by atoms with Gasteiger partial charge in [0, 0.05) is 5.92 Å². The van der Waals surface area contributed by atoms with E-state index in [1.54, 1.807) is 0 Å². The monoisotopic (exact) mass is 208 g/mol. The van der Waals surface area contributed by atoms with Gasteiger partial charge in [-0.25, -0.2) is 0 Å². The van der Waals surface area contributed by atoms with Crippen LogP contribution in [0.15, 0.2) is 23.8 Å². The Bertz CT molecular complexity index is 273. The molecule has 0 bridgehead atoms. The van der Waals surface area contributed by atoms with Crippen molar-refractivity contribution in [3.05, 3.63) is 23.8 Å². The molecule has 86 valence electrons. The third-order valence-electron chi connectivity index (χ3n) is 3.71. The largest absolute Gasteiger partial charge is 0.388 e.